The van der Waals surface area contributed by atoms with Crippen LogP contribution in [0.2, 0.25) is 5.02 Å². The maximum atomic E-state index is 13.1. The minimum atomic E-state index is -0.857. The van der Waals surface area contributed by atoms with E-state index in [2.05, 4.69) is 22.5 Å². The fourth-order valence-electron chi connectivity index (χ4n) is 2.66. The maximum absolute atomic E-state index is 13.1. The Morgan fingerprint density at radius 3 is 2.87 bits per heavy atom. The van der Waals surface area contributed by atoms with E-state index in [9.17, 15) is 14.0 Å². The highest BCUT2D eigenvalue weighted by Crippen LogP contribution is 2.22. The summed E-state index contributed by atoms with van der Waals surface area (Å²) in [7, 11) is 0. The number of piperidine rings is 1. The number of likely N-dealkylation sites (tertiary alicyclic amines) is 1. The van der Waals surface area contributed by atoms with Crippen molar-refractivity contribution in [2.45, 2.75) is 32.2 Å². The first-order chi connectivity index (χ1) is 11.0. The Labute approximate surface area is 140 Å². The third-order valence-corrected chi connectivity index (χ3v) is 4.34. The highest BCUT2D eigenvalue weighted by Gasteiger charge is 2.19. The molecule has 7 heteroatoms. The van der Waals surface area contributed by atoms with E-state index in [4.69, 9.17) is 11.6 Å². The summed E-state index contributed by atoms with van der Waals surface area (Å²) in [5, 5.41) is 5.06. The van der Waals surface area contributed by atoms with Gasteiger partial charge in [-0.25, -0.2) is 4.39 Å². The first kappa shape index (κ1) is 17.7. The fourth-order valence-corrected chi connectivity index (χ4v) is 2.82. The van der Waals surface area contributed by atoms with Gasteiger partial charge >= 0.3 is 11.8 Å². The summed E-state index contributed by atoms with van der Waals surface area (Å²) in [5.74, 6) is -2.15. The standard InChI is InChI=1S/C16H21ClFN3O2/c1-11-4-2-3-8-21(11)9-7-19-15(22)16(23)20-14-10-12(18)5-6-13(14)17/h5-6,10-11H,2-4,7-9H2,1H3,(H,19,22)(H,20,23)/t11-/m1/s1. The first-order valence-electron chi connectivity index (χ1n) is 7.75. The largest absolute Gasteiger partial charge is 0.347 e. The van der Waals surface area contributed by atoms with Crippen LogP contribution in [0.3, 0.4) is 0 Å². The van der Waals surface area contributed by atoms with Crippen molar-refractivity contribution in [2.75, 3.05) is 25.0 Å². The molecule has 0 saturated carbocycles. The summed E-state index contributed by atoms with van der Waals surface area (Å²) in [4.78, 5) is 25.9. The zero-order valence-corrected chi connectivity index (χ0v) is 13.8. The van der Waals surface area contributed by atoms with Crippen molar-refractivity contribution in [1.82, 2.24) is 10.2 Å². The Hall–Kier alpha value is -1.66. The molecule has 0 aromatic heterocycles. The summed E-state index contributed by atoms with van der Waals surface area (Å²) in [6, 6.07) is 4.07. The van der Waals surface area contributed by atoms with Crippen molar-refractivity contribution >= 4 is 29.1 Å². The number of rotatable bonds is 4. The van der Waals surface area contributed by atoms with Gasteiger partial charge in [0.2, 0.25) is 0 Å². The summed E-state index contributed by atoms with van der Waals surface area (Å²) in [6.45, 7) is 4.29. The Kier molecular flexibility index (Phi) is 6.36. The molecule has 1 aromatic carbocycles. The van der Waals surface area contributed by atoms with Crippen molar-refractivity contribution in [3.05, 3.63) is 29.0 Å². The van der Waals surface area contributed by atoms with Gasteiger partial charge in [0.25, 0.3) is 0 Å². The number of anilines is 1. The molecule has 1 fully saturated rings. The molecule has 0 spiro atoms. The number of halogens is 2. The lowest BCUT2D eigenvalue weighted by molar-refractivity contribution is -0.136. The predicted molar refractivity (Wildman–Crippen MR) is 87.9 cm³/mol. The van der Waals surface area contributed by atoms with Gasteiger partial charge in [-0.05, 0) is 44.5 Å². The minimum absolute atomic E-state index is 0.0801. The van der Waals surface area contributed by atoms with Crippen LogP contribution in [-0.4, -0.2) is 42.4 Å². The molecule has 2 amide bonds. The van der Waals surface area contributed by atoms with Crippen molar-refractivity contribution in [2.24, 2.45) is 0 Å². The van der Waals surface area contributed by atoms with Gasteiger partial charge in [-0.1, -0.05) is 18.0 Å². The number of nitrogens with zero attached hydrogens (tertiary/aromatic N) is 1. The lowest BCUT2D eigenvalue weighted by Gasteiger charge is -2.33. The van der Waals surface area contributed by atoms with Crippen LogP contribution in [0.1, 0.15) is 26.2 Å². The highest BCUT2D eigenvalue weighted by molar-refractivity contribution is 6.41. The maximum Gasteiger partial charge on any atom is 0.313 e. The van der Waals surface area contributed by atoms with Crippen LogP contribution in [0.15, 0.2) is 18.2 Å². The van der Waals surface area contributed by atoms with Gasteiger partial charge in [-0.15, -0.1) is 0 Å². The van der Waals surface area contributed by atoms with E-state index < -0.39 is 17.6 Å². The van der Waals surface area contributed by atoms with Crippen LogP contribution in [0.25, 0.3) is 0 Å². The lowest BCUT2D eigenvalue weighted by Crippen LogP contribution is -2.44. The second kappa shape index (κ2) is 8.26. The van der Waals surface area contributed by atoms with E-state index >= 15 is 0 Å². The number of carbonyl (C=O) groups excluding carboxylic acids is 2. The molecule has 2 N–H and O–H groups in total. The van der Waals surface area contributed by atoms with E-state index in [0.717, 1.165) is 25.5 Å². The first-order valence-corrected chi connectivity index (χ1v) is 8.13. The van der Waals surface area contributed by atoms with Gasteiger partial charge < -0.3 is 10.6 Å². The fraction of sp³-hybridized carbons (Fsp3) is 0.500. The summed E-state index contributed by atoms with van der Waals surface area (Å²) >= 11 is 5.85. The zero-order chi connectivity index (χ0) is 16.8. The topological polar surface area (TPSA) is 61.4 Å². The number of benzene rings is 1. The molecule has 0 unspecified atom stereocenters. The van der Waals surface area contributed by atoms with Crippen LogP contribution in [0.5, 0.6) is 0 Å². The second-order valence-electron chi connectivity index (χ2n) is 5.71. The van der Waals surface area contributed by atoms with Gasteiger partial charge in [-0.2, -0.15) is 0 Å². The molecule has 1 atom stereocenters. The van der Waals surface area contributed by atoms with Crippen LogP contribution in [0, 0.1) is 5.82 Å². The number of hydrogen-bond donors (Lipinski definition) is 2. The zero-order valence-electron chi connectivity index (χ0n) is 13.1. The van der Waals surface area contributed by atoms with Crippen molar-refractivity contribution < 1.29 is 14.0 Å². The molecule has 0 aliphatic carbocycles. The molecule has 1 heterocycles. The Morgan fingerprint density at radius 2 is 2.13 bits per heavy atom. The average molecular weight is 342 g/mol. The molecule has 0 bridgehead atoms. The molecule has 1 saturated heterocycles. The van der Waals surface area contributed by atoms with E-state index in [-0.39, 0.29) is 10.7 Å². The highest BCUT2D eigenvalue weighted by atomic mass is 35.5. The number of carbonyl (C=O) groups is 2. The summed E-state index contributed by atoms with van der Waals surface area (Å²) in [6.07, 6.45) is 3.56. The van der Waals surface area contributed by atoms with E-state index in [0.29, 0.717) is 19.1 Å². The van der Waals surface area contributed by atoms with Crippen molar-refractivity contribution in [1.29, 1.82) is 0 Å². The van der Waals surface area contributed by atoms with Gasteiger partial charge in [0.15, 0.2) is 0 Å². The molecule has 1 aromatic rings. The number of amides is 2. The van der Waals surface area contributed by atoms with Gasteiger partial charge in [-0.3, -0.25) is 14.5 Å². The normalized spacial score (nSPS) is 18.5. The van der Waals surface area contributed by atoms with E-state index in [1.165, 1.54) is 18.6 Å². The number of hydrogen-bond acceptors (Lipinski definition) is 3. The lowest BCUT2D eigenvalue weighted by atomic mass is 10.0. The van der Waals surface area contributed by atoms with Crippen molar-refractivity contribution in [3.63, 3.8) is 0 Å². The molecule has 23 heavy (non-hydrogen) atoms. The molecule has 2 rings (SSSR count). The molecule has 0 radical (unpaired) electrons. The monoisotopic (exact) mass is 341 g/mol. The third kappa shape index (κ3) is 5.18. The Morgan fingerprint density at radius 1 is 1.35 bits per heavy atom. The molecule has 1 aliphatic rings. The van der Waals surface area contributed by atoms with Crippen LogP contribution in [-0.2, 0) is 9.59 Å². The van der Waals surface area contributed by atoms with E-state index in [1.807, 2.05) is 0 Å². The van der Waals surface area contributed by atoms with E-state index in [1.54, 1.807) is 0 Å². The van der Waals surface area contributed by atoms with Crippen LogP contribution in [0.4, 0.5) is 10.1 Å². The predicted octanol–water partition coefficient (Wildman–Crippen LogP) is 2.41. The second-order valence-corrected chi connectivity index (χ2v) is 6.12. The Bertz CT molecular complexity index is 582. The average Bonchev–Trinajstić information content (AvgIpc) is 2.52. The van der Waals surface area contributed by atoms with Gasteiger partial charge in [0.1, 0.15) is 5.82 Å². The van der Waals surface area contributed by atoms with Crippen LogP contribution >= 0.6 is 11.6 Å². The number of nitrogens with one attached hydrogen (secondary N) is 2. The van der Waals surface area contributed by atoms with Gasteiger partial charge in [0, 0.05) is 19.1 Å². The van der Waals surface area contributed by atoms with Crippen LogP contribution < -0.4 is 10.6 Å². The quantitative estimate of drug-likeness (QED) is 0.827. The minimum Gasteiger partial charge on any atom is -0.347 e. The smallest absolute Gasteiger partial charge is 0.313 e. The van der Waals surface area contributed by atoms with Gasteiger partial charge in [0.05, 0.1) is 10.7 Å². The molecule has 126 valence electrons. The Balaban J connectivity index is 1.78. The molecular formula is C16H21ClFN3O2. The SMILES string of the molecule is C[C@@H]1CCCCN1CCNC(=O)C(=O)Nc1cc(F)ccc1Cl. The summed E-state index contributed by atoms with van der Waals surface area (Å²) in [5.41, 5.74) is 0.0801. The molecular weight excluding hydrogens is 321 g/mol. The molecule has 1 aliphatic heterocycles. The van der Waals surface area contributed by atoms with Crippen molar-refractivity contribution in [3.8, 4) is 0 Å². The molecule has 5 nitrogen and oxygen atoms in total. The third-order valence-electron chi connectivity index (χ3n) is 4.01. The summed E-state index contributed by atoms with van der Waals surface area (Å²) < 4.78 is 13.1.